The van der Waals surface area contributed by atoms with Gasteiger partial charge in [-0.25, -0.2) is 13.1 Å². The average Bonchev–Trinajstić information content (AvgIpc) is 2.54. The van der Waals surface area contributed by atoms with Gasteiger partial charge in [0.2, 0.25) is 10.0 Å². The summed E-state index contributed by atoms with van der Waals surface area (Å²) in [5.74, 6) is 0. The first-order valence-electron chi connectivity index (χ1n) is 6.57. The van der Waals surface area contributed by atoms with Crippen LogP contribution in [0.15, 0.2) is 0 Å². The van der Waals surface area contributed by atoms with Crippen molar-refractivity contribution in [3.05, 3.63) is 0 Å². The van der Waals surface area contributed by atoms with Crippen molar-refractivity contribution < 1.29 is 17.9 Å². The highest BCUT2D eigenvalue weighted by atomic mass is 32.2. The van der Waals surface area contributed by atoms with Gasteiger partial charge in [-0.05, 0) is 12.8 Å². The standard InChI is InChI=1S/C11H20N2O4S/c14-18(15,11-7-16-8-11)12-3-4-13-5-9-1-2-10(6-13)17-9/h9-12H,1-8H2. The third kappa shape index (κ3) is 2.70. The lowest BCUT2D eigenvalue weighted by atomic mass is 10.2. The normalized spacial score (nSPS) is 33.6. The van der Waals surface area contributed by atoms with Crippen molar-refractivity contribution in [1.82, 2.24) is 9.62 Å². The molecule has 0 aliphatic carbocycles. The number of nitrogens with zero attached hydrogens (tertiary/aromatic N) is 1. The number of fused-ring (bicyclic) bond motifs is 2. The van der Waals surface area contributed by atoms with Crippen LogP contribution in [0.2, 0.25) is 0 Å². The molecule has 2 unspecified atom stereocenters. The van der Waals surface area contributed by atoms with Gasteiger partial charge in [-0.1, -0.05) is 0 Å². The molecule has 2 bridgehead atoms. The molecule has 3 aliphatic rings. The first-order valence-corrected chi connectivity index (χ1v) is 8.12. The van der Waals surface area contributed by atoms with Crippen molar-refractivity contribution in [1.29, 1.82) is 0 Å². The fourth-order valence-corrected chi connectivity index (χ4v) is 3.90. The summed E-state index contributed by atoms with van der Waals surface area (Å²) < 4.78 is 36.8. The Kier molecular flexibility index (Phi) is 3.59. The smallest absolute Gasteiger partial charge is 0.219 e. The fourth-order valence-electron chi connectivity index (χ4n) is 2.74. The summed E-state index contributed by atoms with van der Waals surface area (Å²) in [6.45, 7) is 3.78. The maximum absolute atomic E-state index is 11.8. The highest BCUT2D eigenvalue weighted by Crippen LogP contribution is 2.25. The Hall–Kier alpha value is -0.210. The second-order valence-electron chi connectivity index (χ2n) is 5.32. The SMILES string of the molecule is O=S(=O)(NCCN1CC2CCC(C1)O2)C1COC1. The molecule has 0 radical (unpaired) electrons. The molecule has 3 heterocycles. The zero-order valence-corrected chi connectivity index (χ0v) is 11.2. The number of hydrogen-bond acceptors (Lipinski definition) is 5. The van der Waals surface area contributed by atoms with Gasteiger partial charge in [0, 0.05) is 26.2 Å². The molecular weight excluding hydrogens is 256 g/mol. The van der Waals surface area contributed by atoms with Gasteiger partial charge in [-0.2, -0.15) is 0 Å². The zero-order chi connectivity index (χ0) is 12.6. The topological polar surface area (TPSA) is 67.9 Å². The van der Waals surface area contributed by atoms with Crippen LogP contribution in [-0.2, 0) is 19.5 Å². The van der Waals surface area contributed by atoms with Crippen LogP contribution in [0.25, 0.3) is 0 Å². The number of morpholine rings is 1. The van der Waals surface area contributed by atoms with Crippen molar-refractivity contribution >= 4 is 10.0 Å². The van der Waals surface area contributed by atoms with Crippen LogP contribution < -0.4 is 4.72 Å². The van der Waals surface area contributed by atoms with Crippen molar-refractivity contribution in [2.45, 2.75) is 30.3 Å². The van der Waals surface area contributed by atoms with E-state index in [-0.39, 0.29) is 5.25 Å². The van der Waals surface area contributed by atoms with Gasteiger partial charge in [0.15, 0.2) is 0 Å². The lowest BCUT2D eigenvalue weighted by molar-refractivity contribution is -0.0373. The second-order valence-corrected chi connectivity index (χ2v) is 7.36. The van der Waals surface area contributed by atoms with Crippen LogP contribution in [0.1, 0.15) is 12.8 Å². The van der Waals surface area contributed by atoms with Crippen LogP contribution in [0, 0.1) is 0 Å². The molecule has 0 aromatic rings. The predicted octanol–water partition coefficient (Wildman–Crippen LogP) is -0.832. The average molecular weight is 276 g/mol. The summed E-state index contributed by atoms with van der Waals surface area (Å²) in [6, 6.07) is 0. The maximum Gasteiger partial charge on any atom is 0.219 e. The van der Waals surface area contributed by atoms with Gasteiger partial charge >= 0.3 is 0 Å². The fraction of sp³-hybridized carbons (Fsp3) is 1.00. The summed E-state index contributed by atoms with van der Waals surface area (Å²) in [5, 5.41) is -0.349. The molecule has 3 aliphatic heterocycles. The van der Waals surface area contributed by atoms with Crippen molar-refractivity contribution in [3.63, 3.8) is 0 Å². The van der Waals surface area contributed by atoms with Gasteiger partial charge in [-0.3, -0.25) is 4.90 Å². The number of ether oxygens (including phenoxy) is 2. The third-order valence-corrected chi connectivity index (χ3v) is 5.65. The van der Waals surface area contributed by atoms with Crippen molar-refractivity contribution in [3.8, 4) is 0 Å². The predicted molar refractivity (Wildman–Crippen MR) is 65.9 cm³/mol. The molecule has 3 rings (SSSR count). The van der Waals surface area contributed by atoms with E-state index in [1.807, 2.05) is 0 Å². The Bertz CT molecular complexity index is 384. The molecule has 18 heavy (non-hydrogen) atoms. The number of rotatable bonds is 5. The molecule has 0 spiro atoms. The van der Waals surface area contributed by atoms with Gasteiger partial charge < -0.3 is 9.47 Å². The Labute approximate surface area is 108 Å². The Morgan fingerprint density at radius 1 is 1.17 bits per heavy atom. The molecular formula is C11H20N2O4S. The largest absolute Gasteiger partial charge is 0.378 e. The third-order valence-electron chi connectivity index (χ3n) is 3.90. The highest BCUT2D eigenvalue weighted by Gasteiger charge is 2.34. The summed E-state index contributed by atoms with van der Waals surface area (Å²) in [4.78, 5) is 2.30. The number of nitrogens with one attached hydrogen (secondary N) is 1. The Morgan fingerprint density at radius 2 is 1.83 bits per heavy atom. The van der Waals surface area contributed by atoms with Crippen LogP contribution >= 0.6 is 0 Å². The number of sulfonamides is 1. The van der Waals surface area contributed by atoms with Gasteiger partial charge in [-0.15, -0.1) is 0 Å². The van der Waals surface area contributed by atoms with E-state index in [1.165, 1.54) is 0 Å². The Balaban J connectivity index is 1.42. The molecule has 7 heteroatoms. The van der Waals surface area contributed by atoms with Crippen molar-refractivity contribution in [2.75, 3.05) is 39.4 Å². The highest BCUT2D eigenvalue weighted by molar-refractivity contribution is 7.90. The summed E-state index contributed by atoms with van der Waals surface area (Å²) >= 11 is 0. The second kappa shape index (κ2) is 5.05. The van der Waals surface area contributed by atoms with E-state index in [9.17, 15) is 8.42 Å². The molecule has 3 fully saturated rings. The molecule has 0 saturated carbocycles. The van der Waals surface area contributed by atoms with Crippen LogP contribution in [0.5, 0.6) is 0 Å². The first kappa shape index (κ1) is 12.8. The van der Waals surface area contributed by atoms with Crippen LogP contribution in [-0.4, -0.2) is 70.2 Å². The quantitative estimate of drug-likeness (QED) is 0.710. The first-order chi connectivity index (χ1) is 8.63. The molecule has 0 aromatic heterocycles. The molecule has 0 aromatic carbocycles. The molecule has 6 nitrogen and oxygen atoms in total. The Morgan fingerprint density at radius 3 is 2.39 bits per heavy atom. The minimum atomic E-state index is -3.17. The minimum absolute atomic E-state index is 0.330. The molecule has 104 valence electrons. The number of likely N-dealkylation sites (tertiary alicyclic amines) is 1. The van der Waals surface area contributed by atoms with E-state index in [1.54, 1.807) is 0 Å². The van der Waals surface area contributed by atoms with Crippen LogP contribution in [0.3, 0.4) is 0 Å². The maximum atomic E-state index is 11.8. The number of hydrogen-bond donors (Lipinski definition) is 1. The van der Waals surface area contributed by atoms with Gasteiger partial charge in [0.25, 0.3) is 0 Å². The van der Waals surface area contributed by atoms with Crippen molar-refractivity contribution in [2.24, 2.45) is 0 Å². The van der Waals surface area contributed by atoms with E-state index in [0.717, 1.165) is 32.5 Å². The minimum Gasteiger partial charge on any atom is -0.378 e. The monoisotopic (exact) mass is 276 g/mol. The van der Waals surface area contributed by atoms with E-state index in [4.69, 9.17) is 9.47 Å². The van der Waals surface area contributed by atoms with E-state index in [0.29, 0.717) is 32.0 Å². The summed E-state index contributed by atoms with van der Waals surface area (Å²) in [5.41, 5.74) is 0. The van der Waals surface area contributed by atoms with E-state index in [2.05, 4.69) is 9.62 Å². The lowest BCUT2D eigenvalue weighted by Gasteiger charge is -2.32. The molecule has 3 saturated heterocycles. The van der Waals surface area contributed by atoms with Gasteiger partial charge in [0.05, 0.1) is 25.4 Å². The summed E-state index contributed by atoms with van der Waals surface area (Å²) in [6.07, 6.45) is 3.01. The molecule has 2 atom stereocenters. The lowest BCUT2D eigenvalue weighted by Crippen LogP contribution is -2.50. The molecule has 0 amide bonds. The van der Waals surface area contributed by atoms with Gasteiger partial charge in [0.1, 0.15) is 5.25 Å². The zero-order valence-electron chi connectivity index (χ0n) is 10.4. The molecule has 1 N–H and O–H groups in total. The van der Waals surface area contributed by atoms with Crippen LogP contribution in [0.4, 0.5) is 0 Å². The summed E-state index contributed by atoms with van der Waals surface area (Å²) in [7, 11) is -3.17. The van der Waals surface area contributed by atoms with E-state index >= 15 is 0 Å². The van der Waals surface area contributed by atoms with E-state index < -0.39 is 10.0 Å².